The van der Waals surface area contributed by atoms with Gasteiger partial charge in [-0.05, 0) is 25.1 Å². The van der Waals surface area contributed by atoms with E-state index in [1.165, 1.54) is 7.11 Å². The standard InChI is InChI=1S/C11H10O3S/c1-6-8-4-3-7(15)5-9(8)10(14-6)11(12)13-2/h3-5,15H,1-2H3. The third kappa shape index (κ3) is 1.61. The molecule has 0 aliphatic rings. The Kier molecular flexibility index (Phi) is 2.44. The number of carbonyl (C=O) groups excluding carboxylic acids is 1. The minimum Gasteiger partial charge on any atom is -0.463 e. The number of thiol groups is 1. The van der Waals surface area contributed by atoms with Crippen molar-refractivity contribution in [3.63, 3.8) is 0 Å². The van der Waals surface area contributed by atoms with Crippen molar-refractivity contribution in [1.29, 1.82) is 0 Å². The molecule has 0 aliphatic carbocycles. The fourth-order valence-electron chi connectivity index (χ4n) is 1.53. The van der Waals surface area contributed by atoms with E-state index in [1.807, 2.05) is 19.1 Å². The lowest BCUT2D eigenvalue weighted by atomic mass is 10.1. The average molecular weight is 222 g/mol. The number of carbonyl (C=O) groups is 1. The van der Waals surface area contributed by atoms with Crippen LogP contribution in [0.25, 0.3) is 10.8 Å². The van der Waals surface area contributed by atoms with Crippen molar-refractivity contribution in [3.8, 4) is 0 Å². The molecule has 15 heavy (non-hydrogen) atoms. The molecule has 0 saturated carbocycles. The molecule has 1 heterocycles. The second-order valence-corrected chi connectivity index (χ2v) is 3.73. The van der Waals surface area contributed by atoms with Crippen molar-refractivity contribution < 1.29 is 13.9 Å². The van der Waals surface area contributed by atoms with Crippen LogP contribution in [-0.2, 0) is 4.74 Å². The van der Waals surface area contributed by atoms with Crippen LogP contribution in [0.5, 0.6) is 0 Å². The summed E-state index contributed by atoms with van der Waals surface area (Å²) >= 11 is 4.22. The zero-order valence-electron chi connectivity index (χ0n) is 8.40. The Hall–Kier alpha value is -1.42. The fourth-order valence-corrected chi connectivity index (χ4v) is 1.74. The molecule has 0 spiro atoms. The van der Waals surface area contributed by atoms with Gasteiger partial charge in [0.25, 0.3) is 0 Å². The number of rotatable bonds is 1. The van der Waals surface area contributed by atoms with Gasteiger partial charge in [-0.25, -0.2) is 4.79 Å². The molecule has 0 amide bonds. The van der Waals surface area contributed by atoms with Crippen LogP contribution in [-0.4, -0.2) is 13.1 Å². The number of aryl methyl sites for hydroxylation is 1. The van der Waals surface area contributed by atoms with E-state index in [4.69, 9.17) is 4.42 Å². The number of ether oxygens (including phenoxy) is 1. The Bertz CT molecular complexity index is 528. The number of fused-ring (bicyclic) bond motifs is 1. The van der Waals surface area contributed by atoms with Gasteiger partial charge in [0.1, 0.15) is 5.76 Å². The highest BCUT2D eigenvalue weighted by Gasteiger charge is 2.17. The van der Waals surface area contributed by atoms with Gasteiger partial charge in [0.05, 0.1) is 7.11 Å². The van der Waals surface area contributed by atoms with E-state index >= 15 is 0 Å². The summed E-state index contributed by atoms with van der Waals surface area (Å²) in [5.41, 5.74) is 0. The fraction of sp³-hybridized carbons (Fsp3) is 0.182. The molecule has 0 saturated heterocycles. The summed E-state index contributed by atoms with van der Waals surface area (Å²) < 4.78 is 10.0. The van der Waals surface area contributed by atoms with E-state index in [0.29, 0.717) is 5.76 Å². The van der Waals surface area contributed by atoms with Crippen molar-refractivity contribution in [2.45, 2.75) is 11.8 Å². The van der Waals surface area contributed by atoms with Crippen LogP contribution in [0, 0.1) is 6.92 Å². The molecule has 0 bridgehead atoms. The van der Waals surface area contributed by atoms with Gasteiger partial charge >= 0.3 is 5.97 Å². The van der Waals surface area contributed by atoms with Gasteiger partial charge in [-0.15, -0.1) is 12.6 Å². The summed E-state index contributed by atoms with van der Waals surface area (Å²) in [4.78, 5) is 12.2. The molecule has 0 N–H and O–H groups in total. The SMILES string of the molecule is COC(=O)c1oc(C)c2ccc(S)cc12. The van der Waals surface area contributed by atoms with Crippen LogP contribution in [0.4, 0.5) is 0 Å². The maximum Gasteiger partial charge on any atom is 0.374 e. The smallest absolute Gasteiger partial charge is 0.374 e. The minimum absolute atomic E-state index is 0.237. The first-order chi connectivity index (χ1) is 7.13. The van der Waals surface area contributed by atoms with Gasteiger partial charge in [-0.2, -0.15) is 0 Å². The molecular formula is C11H10O3S. The van der Waals surface area contributed by atoms with Crippen molar-refractivity contribution in [1.82, 2.24) is 0 Å². The molecule has 78 valence electrons. The molecule has 4 heteroatoms. The Balaban J connectivity index is 2.75. The van der Waals surface area contributed by atoms with E-state index in [0.717, 1.165) is 15.7 Å². The number of hydrogen-bond donors (Lipinski definition) is 1. The predicted molar refractivity (Wildman–Crippen MR) is 59.5 cm³/mol. The van der Waals surface area contributed by atoms with Crippen molar-refractivity contribution in [3.05, 3.63) is 29.7 Å². The number of esters is 1. The van der Waals surface area contributed by atoms with E-state index in [9.17, 15) is 4.79 Å². The van der Waals surface area contributed by atoms with E-state index in [-0.39, 0.29) is 5.76 Å². The van der Waals surface area contributed by atoms with Gasteiger partial charge in [-0.3, -0.25) is 0 Å². The van der Waals surface area contributed by atoms with Crippen LogP contribution in [0.2, 0.25) is 0 Å². The second kappa shape index (κ2) is 3.62. The highest BCUT2D eigenvalue weighted by molar-refractivity contribution is 7.80. The maximum atomic E-state index is 11.4. The van der Waals surface area contributed by atoms with E-state index in [1.54, 1.807) is 6.07 Å². The first-order valence-electron chi connectivity index (χ1n) is 4.44. The van der Waals surface area contributed by atoms with Gasteiger partial charge in [-0.1, -0.05) is 0 Å². The van der Waals surface area contributed by atoms with Crippen LogP contribution >= 0.6 is 12.6 Å². The molecule has 1 aromatic carbocycles. The minimum atomic E-state index is -0.466. The van der Waals surface area contributed by atoms with Gasteiger partial charge in [0.2, 0.25) is 5.76 Å². The van der Waals surface area contributed by atoms with Crippen LogP contribution in [0.3, 0.4) is 0 Å². The van der Waals surface area contributed by atoms with Crippen molar-refractivity contribution in [2.24, 2.45) is 0 Å². The number of hydrogen-bond acceptors (Lipinski definition) is 4. The van der Waals surface area contributed by atoms with Gasteiger partial charge in [0.15, 0.2) is 0 Å². The molecule has 0 atom stereocenters. The normalized spacial score (nSPS) is 10.6. The highest BCUT2D eigenvalue weighted by Crippen LogP contribution is 2.28. The summed E-state index contributed by atoms with van der Waals surface area (Å²) in [5.74, 6) is 0.478. The quantitative estimate of drug-likeness (QED) is 0.595. The first kappa shape index (κ1) is 10.1. The zero-order chi connectivity index (χ0) is 11.0. The Morgan fingerprint density at radius 2 is 2.13 bits per heavy atom. The Morgan fingerprint density at radius 1 is 1.40 bits per heavy atom. The molecule has 3 nitrogen and oxygen atoms in total. The molecule has 0 unspecified atom stereocenters. The average Bonchev–Trinajstić information content (AvgIpc) is 2.54. The summed E-state index contributed by atoms with van der Waals surface area (Å²) in [6.07, 6.45) is 0. The summed E-state index contributed by atoms with van der Waals surface area (Å²) in [7, 11) is 1.33. The molecule has 0 aliphatic heterocycles. The molecule has 0 fully saturated rings. The molecule has 1 aromatic heterocycles. The Labute approximate surface area is 92.4 Å². The summed E-state index contributed by atoms with van der Waals surface area (Å²) in [6, 6.07) is 5.53. The lowest BCUT2D eigenvalue weighted by Crippen LogP contribution is -1.99. The van der Waals surface area contributed by atoms with E-state index < -0.39 is 5.97 Å². The number of methoxy groups -OCH3 is 1. The monoisotopic (exact) mass is 222 g/mol. The summed E-state index contributed by atoms with van der Waals surface area (Å²) in [5, 5.41) is 1.65. The van der Waals surface area contributed by atoms with Crippen LogP contribution < -0.4 is 0 Å². The van der Waals surface area contributed by atoms with E-state index in [2.05, 4.69) is 17.4 Å². The lowest BCUT2D eigenvalue weighted by Gasteiger charge is -1.95. The Morgan fingerprint density at radius 3 is 2.80 bits per heavy atom. The maximum absolute atomic E-state index is 11.4. The molecular weight excluding hydrogens is 212 g/mol. The third-order valence-corrected chi connectivity index (χ3v) is 2.53. The number of furan rings is 1. The highest BCUT2D eigenvalue weighted by atomic mass is 32.1. The van der Waals surface area contributed by atoms with Crippen LogP contribution in [0.1, 0.15) is 16.3 Å². The topological polar surface area (TPSA) is 39.4 Å². The van der Waals surface area contributed by atoms with Gasteiger partial charge < -0.3 is 9.15 Å². The number of benzene rings is 1. The molecule has 2 rings (SSSR count). The zero-order valence-corrected chi connectivity index (χ0v) is 9.30. The predicted octanol–water partition coefficient (Wildman–Crippen LogP) is 2.82. The third-order valence-electron chi connectivity index (χ3n) is 2.25. The largest absolute Gasteiger partial charge is 0.463 e. The molecule has 0 radical (unpaired) electrons. The molecule has 2 aromatic rings. The second-order valence-electron chi connectivity index (χ2n) is 3.21. The summed E-state index contributed by atoms with van der Waals surface area (Å²) in [6.45, 7) is 1.81. The first-order valence-corrected chi connectivity index (χ1v) is 4.88. The lowest BCUT2D eigenvalue weighted by molar-refractivity contribution is 0.0566. The van der Waals surface area contributed by atoms with Crippen LogP contribution in [0.15, 0.2) is 27.5 Å². The van der Waals surface area contributed by atoms with Gasteiger partial charge in [0, 0.05) is 15.7 Å². The van der Waals surface area contributed by atoms with Crippen molar-refractivity contribution >= 4 is 29.4 Å². The van der Waals surface area contributed by atoms with Crippen molar-refractivity contribution in [2.75, 3.05) is 7.11 Å².